The molecule has 1 aromatic rings. The molecule has 2 atom stereocenters. The number of nitrogens with one attached hydrogen (secondary N) is 1. The van der Waals surface area contributed by atoms with E-state index in [-0.39, 0.29) is 11.5 Å². The zero-order valence-electron chi connectivity index (χ0n) is 12.1. The lowest BCUT2D eigenvalue weighted by atomic mass is 10.0. The van der Waals surface area contributed by atoms with Crippen molar-refractivity contribution in [1.29, 1.82) is 5.26 Å². The first-order chi connectivity index (χ1) is 9.86. The van der Waals surface area contributed by atoms with Crippen LogP contribution in [0.2, 0.25) is 5.02 Å². The highest BCUT2D eigenvalue weighted by Gasteiger charge is 2.27. The van der Waals surface area contributed by atoms with Gasteiger partial charge in [0, 0.05) is 0 Å². The Balaban J connectivity index is 2.85. The molecule has 0 radical (unpaired) electrons. The van der Waals surface area contributed by atoms with Crippen molar-refractivity contribution < 1.29 is 14.3 Å². The molecular formula is C15H17ClN2O3. The first kappa shape index (κ1) is 17.0. The Bertz CT molecular complexity index is 566. The molecule has 6 heteroatoms. The van der Waals surface area contributed by atoms with Crippen molar-refractivity contribution in [3.8, 4) is 6.07 Å². The lowest BCUT2D eigenvalue weighted by Crippen LogP contribution is -2.46. The van der Waals surface area contributed by atoms with Gasteiger partial charge in [-0.05, 0) is 25.0 Å². The second-order valence-corrected chi connectivity index (χ2v) is 5.29. The van der Waals surface area contributed by atoms with Gasteiger partial charge in [0.05, 0.1) is 10.6 Å². The van der Waals surface area contributed by atoms with E-state index >= 15 is 0 Å². The third-order valence-corrected chi connectivity index (χ3v) is 3.13. The maximum Gasteiger partial charge on any atom is 0.330 e. The normalized spacial score (nSPS) is 13.1. The minimum absolute atomic E-state index is 0.185. The molecule has 0 aliphatic rings. The van der Waals surface area contributed by atoms with E-state index in [2.05, 4.69) is 5.32 Å². The number of rotatable bonds is 5. The van der Waals surface area contributed by atoms with Gasteiger partial charge in [-0.15, -0.1) is 0 Å². The van der Waals surface area contributed by atoms with Crippen molar-refractivity contribution in [3.63, 3.8) is 0 Å². The van der Waals surface area contributed by atoms with Crippen LogP contribution in [0, 0.1) is 17.2 Å². The molecule has 112 valence electrons. The number of hydrogen-bond acceptors (Lipinski definition) is 4. The Kier molecular flexibility index (Phi) is 6.19. The average Bonchev–Trinajstić information content (AvgIpc) is 2.44. The van der Waals surface area contributed by atoms with E-state index in [1.807, 2.05) is 0 Å². The van der Waals surface area contributed by atoms with Crippen LogP contribution in [0.1, 0.15) is 31.1 Å². The summed E-state index contributed by atoms with van der Waals surface area (Å²) >= 11 is 5.95. The smallest absolute Gasteiger partial charge is 0.330 e. The summed E-state index contributed by atoms with van der Waals surface area (Å²) in [7, 11) is 0. The molecule has 5 nitrogen and oxygen atoms in total. The molecule has 0 unspecified atom stereocenters. The predicted octanol–water partition coefficient (Wildman–Crippen LogP) is 2.55. The summed E-state index contributed by atoms with van der Waals surface area (Å²) in [6, 6.07) is 7.52. The number of carbonyl (C=O) groups is 2. The monoisotopic (exact) mass is 308 g/mol. The SMILES string of the molecule is CC(C)[C@H](NC(=O)c1ccccc1Cl)C(=O)O[C@@H](C)C#N. The third-order valence-electron chi connectivity index (χ3n) is 2.80. The quantitative estimate of drug-likeness (QED) is 0.848. The van der Waals surface area contributed by atoms with E-state index in [0.29, 0.717) is 5.02 Å². The van der Waals surface area contributed by atoms with E-state index in [1.54, 1.807) is 44.2 Å². The van der Waals surface area contributed by atoms with Crippen LogP contribution >= 0.6 is 11.6 Å². The maximum atomic E-state index is 12.2. The molecule has 0 spiro atoms. The van der Waals surface area contributed by atoms with Gasteiger partial charge in [0.2, 0.25) is 0 Å². The maximum absolute atomic E-state index is 12.2. The predicted molar refractivity (Wildman–Crippen MR) is 78.7 cm³/mol. The summed E-state index contributed by atoms with van der Waals surface area (Å²) in [4.78, 5) is 24.2. The van der Waals surface area contributed by atoms with Crippen LogP contribution in [0.25, 0.3) is 0 Å². The van der Waals surface area contributed by atoms with Crippen LogP contribution in [0.5, 0.6) is 0 Å². The van der Waals surface area contributed by atoms with Gasteiger partial charge in [-0.3, -0.25) is 4.79 Å². The van der Waals surface area contributed by atoms with Crippen molar-refractivity contribution >= 4 is 23.5 Å². The first-order valence-corrected chi connectivity index (χ1v) is 6.90. The van der Waals surface area contributed by atoms with Crippen molar-refractivity contribution in [3.05, 3.63) is 34.9 Å². The second-order valence-electron chi connectivity index (χ2n) is 4.88. The molecule has 0 saturated heterocycles. The molecule has 21 heavy (non-hydrogen) atoms. The number of halogens is 1. The van der Waals surface area contributed by atoms with Crippen molar-refractivity contribution in [2.24, 2.45) is 5.92 Å². The number of amides is 1. The van der Waals surface area contributed by atoms with E-state index in [0.717, 1.165) is 0 Å². The highest BCUT2D eigenvalue weighted by Crippen LogP contribution is 2.16. The molecular weight excluding hydrogens is 292 g/mol. The van der Waals surface area contributed by atoms with Crippen molar-refractivity contribution in [2.45, 2.75) is 32.9 Å². The molecule has 0 aliphatic carbocycles. The zero-order chi connectivity index (χ0) is 16.0. The van der Waals surface area contributed by atoms with Gasteiger partial charge in [-0.25, -0.2) is 4.79 Å². The molecule has 1 rings (SSSR count). The van der Waals surface area contributed by atoms with Gasteiger partial charge in [-0.1, -0.05) is 37.6 Å². The minimum atomic E-state index is -0.865. The number of ether oxygens (including phenoxy) is 1. The molecule has 0 saturated carbocycles. The molecule has 0 aliphatic heterocycles. The Labute approximate surface area is 128 Å². The topological polar surface area (TPSA) is 79.2 Å². The van der Waals surface area contributed by atoms with Gasteiger partial charge in [0.1, 0.15) is 12.1 Å². The fraction of sp³-hybridized carbons (Fsp3) is 0.400. The molecule has 1 aromatic carbocycles. The number of nitrogens with zero attached hydrogens (tertiary/aromatic N) is 1. The standard InChI is InChI=1S/C15H17ClN2O3/c1-9(2)13(15(20)21-10(3)8-17)18-14(19)11-6-4-5-7-12(11)16/h4-7,9-10,13H,1-3H3,(H,18,19)/t10-,13-/m0/s1. The van der Waals surface area contributed by atoms with Crippen LogP contribution in [0.15, 0.2) is 24.3 Å². The Morgan fingerprint density at radius 2 is 1.90 bits per heavy atom. The number of carbonyl (C=O) groups excluding carboxylic acids is 2. The van der Waals surface area contributed by atoms with Crippen LogP contribution in [-0.2, 0) is 9.53 Å². The Morgan fingerprint density at radius 3 is 2.43 bits per heavy atom. The molecule has 0 heterocycles. The number of nitriles is 1. The second kappa shape index (κ2) is 7.65. The highest BCUT2D eigenvalue weighted by molar-refractivity contribution is 6.33. The van der Waals surface area contributed by atoms with E-state index in [1.165, 1.54) is 6.92 Å². The molecule has 1 amide bonds. The zero-order valence-corrected chi connectivity index (χ0v) is 12.8. The van der Waals surface area contributed by atoms with Crippen LogP contribution in [0.3, 0.4) is 0 Å². The molecule has 0 aromatic heterocycles. The van der Waals surface area contributed by atoms with Crippen molar-refractivity contribution in [1.82, 2.24) is 5.32 Å². The lowest BCUT2D eigenvalue weighted by molar-refractivity contribution is -0.149. The average molecular weight is 309 g/mol. The summed E-state index contributed by atoms with van der Waals surface area (Å²) in [6.45, 7) is 5.01. The molecule has 0 fully saturated rings. The number of benzene rings is 1. The van der Waals surface area contributed by atoms with Gasteiger partial charge in [-0.2, -0.15) is 5.26 Å². The summed E-state index contributed by atoms with van der Waals surface area (Å²) < 4.78 is 4.94. The lowest BCUT2D eigenvalue weighted by Gasteiger charge is -2.21. The van der Waals surface area contributed by atoms with Crippen LogP contribution in [0.4, 0.5) is 0 Å². The van der Waals surface area contributed by atoms with Crippen LogP contribution in [-0.4, -0.2) is 24.0 Å². The summed E-state index contributed by atoms with van der Waals surface area (Å²) in [6.07, 6.45) is -0.865. The van der Waals surface area contributed by atoms with E-state index in [9.17, 15) is 9.59 Å². The number of esters is 1. The largest absolute Gasteiger partial charge is 0.446 e. The van der Waals surface area contributed by atoms with Gasteiger partial charge < -0.3 is 10.1 Å². The Hall–Kier alpha value is -2.06. The van der Waals surface area contributed by atoms with Gasteiger partial charge >= 0.3 is 5.97 Å². The summed E-state index contributed by atoms with van der Waals surface area (Å²) in [5.74, 6) is -1.28. The highest BCUT2D eigenvalue weighted by atomic mass is 35.5. The van der Waals surface area contributed by atoms with Crippen molar-refractivity contribution in [2.75, 3.05) is 0 Å². The third kappa shape index (κ3) is 4.76. The van der Waals surface area contributed by atoms with E-state index < -0.39 is 24.0 Å². The Morgan fingerprint density at radius 1 is 1.29 bits per heavy atom. The fourth-order valence-electron chi connectivity index (χ4n) is 1.64. The van der Waals surface area contributed by atoms with Gasteiger partial charge in [0.15, 0.2) is 6.10 Å². The minimum Gasteiger partial charge on any atom is -0.446 e. The number of hydrogen-bond donors (Lipinski definition) is 1. The first-order valence-electron chi connectivity index (χ1n) is 6.52. The fourth-order valence-corrected chi connectivity index (χ4v) is 1.86. The summed E-state index contributed by atoms with van der Waals surface area (Å²) in [5, 5.41) is 11.6. The van der Waals surface area contributed by atoms with Gasteiger partial charge in [0.25, 0.3) is 5.91 Å². The van der Waals surface area contributed by atoms with E-state index in [4.69, 9.17) is 21.6 Å². The molecule has 0 bridgehead atoms. The summed E-state index contributed by atoms with van der Waals surface area (Å²) in [5.41, 5.74) is 0.283. The van der Waals surface area contributed by atoms with Crippen LogP contribution < -0.4 is 5.32 Å². The molecule has 1 N–H and O–H groups in total.